The molecular formula is C17H18FN3. The quantitative estimate of drug-likeness (QED) is 0.796. The minimum absolute atomic E-state index is 0.204. The van der Waals surface area contributed by atoms with Gasteiger partial charge < -0.3 is 5.73 Å². The van der Waals surface area contributed by atoms with E-state index in [1.54, 1.807) is 18.3 Å². The first-order chi connectivity index (χ1) is 10.2. The van der Waals surface area contributed by atoms with Crippen LogP contribution < -0.4 is 5.73 Å². The summed E-state index contributed by atoms with van der Waals surface area (Å²) in [5, 5.41) is 5.48. The van der Waals surface area contributed by atoms with Crippen LogP contribution >= 0.6 is 0 Å². The van der Waals surface area contributed by atoms with E-state index in [1.807, 2.05) is 41.9 Å². The lowest BCUT2D eigenvalue weighted by molar-refractivity contribution is 0.418. The Kier molecular flexibility index (Phi) is 3.71. The number of hydrogen-bond acceptors (Lipinski definition) is 2. The Labute approximate surface area is 123 Å². The standard InChI is InChI=1S/C17H18FN3/c1-2-15(19)17(13-8-4-5-9-14(13)18)21-16-10-6-3-7-12(16)11-20-21/h3-11,15,17H,2,19H2,1H3. The van der Waals surface area contributed by atoms with Crippen LogP contribution in [-0.4, -0.2) is 15.8 Å². The largest absolute Gasteiger partial charge is 0.326 e. The van der Waals surface area contributed by atoms with E-state index in [4.69, 9.17) is 5.73 Å². The lowest BCUT2D eigenvalue weighted by Crippen LogP contribution is -2.33. The van der Waals surface area contributed by atoms with Crippen molar-refractivity contribution in [2.75, 3.05) is 0 Å². The van der Waals surface area contributed by atoms with Crippen LogP contribution in [0.4, 0.5) is 4.39 Å². The minimum Gasteiger partial charge on any atom is -0.326 e. The molecule has 108 valence electrons. The molecule has 0 amide bonds. The van der Waals surface area contributed by atoms with Crippen LogP contribution in [0.15, 0.2) is 54.7 Å². The molecule has 0 aliphatic heterocycles. The van der Waals surface area contributed by atoms with E-state index in [0.717, 1.165) is 17.3 Å². The van der Waals surface area contributed by atoms with E-state index < -0.39 is 0 Å². The number of halogens is 1. The third-order valence-electron chi connectivity index (χ3n) is 3.87. The maximum absolute atomic E-state index is 14.2. The molecule has 0 saturated carbocycles. The monoisotopic (exact) mass is 283 g/mol. The van der Waals surface area contributed by atoms with Crippen LogP contribution in [0.2, 0.25) is 0 Å². The molecular weight excluding hydrogens is 265 g/mol. The summed E-state index contributed by atoms with van der Waals surface area (Å²) in [7, 11) is 0. The number of fused-ring (bicyclic) bond motifs is 1. The molecule has 2 atom stereocenters. The number of nitrogens with two attached hydrogens (primary N) is 1. The van der Waals surface area contributed by atoms with Crippen LogP contribution in [-0.2, 0) is 0 Å². The van der Waals surface area contributed by atoms with E-state index in [-0.39, 0.29) is 17.9 Å². The highest BCUT2D eigenvalue weighted by Gasteiger charge is 2.25. The van der Waals surface area contributed by atoms with Crippen molar-refractivity contribution >= 4 is 10.9 Å². The Morgan fingerprint density at radius 2 is 1.86 bits per heavy atom. The maximum atomic E-state index is 14.2. The van der Waals surface area contributed by atoms with E-state index in [0.29, 0.717) is 5.56 Å². The fourth-order valence-corrected chi connectivity index (χ4v) is 2.70. The Morgan fingerprint density at radius 3 is 2.62 bits per heavy atom. The van der Waals surface area contributed by atoms with Crippen molar-refractivity contribution in [3.8, 4) is 0 Å². The van der Waals surface area contributed by atoms with Crippen LogP contribution in [0, 0.1) is 5.82 Å². The smallest absolute Gasteiger partial charge is 0.128 e. The van der Waals surface area contributed by atoms with Gasteiger partial charge in [-0.15, -0.1) is 0 Å². The molecule has 2 unspecified atom stereocenters. The summed E-state index contributed by atoms with van der Waals surface area (Å²) >= 11 is 0. The topological polar surface area (TPSA) is 43.8 Å². The first-order valence-electron chi connectivity index (χ1n) is 7.14. The highest BCUT2D eigenvalue weighted by atomic mass is 19.1. The van der Waals surface area contributed by atoms with Crippen LogP contribution in [0.5, 0.6) is 0 Å². The van der Waals surface area contributed by atoms with Crippen molar-refractivity contribution in [1.82, 2.24) is 9.78 Å². The molecule has 3 aromatic rings. The van der Waals surface area contributed by atoms with E-state index >= 15 is 0 Å². The van der Waals surface area contributed by atoms with Gasteiger partial charge in [-0.1, -0.05) is 43.3 Å². The van der Waals surface area contributed by atoms with Gasteiger partial charge in [0.25, 0.3) is 0 Å². The van der Waals surface area contributed by atoms with Gasteiger partial charge in [-0.25, -0.2) is 4.39 Å². The molecule has 0 spiro atoms. The first kappa shape index (κ1) is 13.8. The van der Waals surface area contributed by atoms with Crippen molar-refractivity contribution in [3.63, 3.8) is 0 Å². The normalized spacial score (nSPS) is 14.2. The van der Waals surface area contributed by atoms with Crippen molar-refractivity contribution in [3.05, 3.63) is 66.1 Å². The predicted octanol–water partition coefficient (Wildman–Crippen LogP) is 3.50. The summed E-state index contributed by atoms with van der Waals surface area (Å²) in [4.78, 5) is 0. The second-order valence-electron chi connectivity index (χ2n) is 5.19. The van der Waals surface area contributed by atoms with Crippen LogP contribution in [0.1, 0.15) is 24.9 Å². The zero-order valence-corrected chi connectivity index (χ0v) is 11.9. The molecule has 0 bridgehead atoms. The molecule has 0 fully saturated rings. The highest BCUT2D eigenvalue weighted by Crippen LogP contribution is 2.28. The van der Waals surface area contributed by atoms with Crippen LogP contribution in [0.3, 0.4) is 0 Å². The summed E-state index contributed by atoms with van der Waals surface area (Å²) in [6, 6.07) is 14.2. The van der Waals surface area contributed by atoms with Crippen molar-refractivity contribution in [1.29, 1.82) is 0 Å². The average Bonchev–Trinajstić information content (AvgIpc) is 2.93. The Bertz CT molecular complexity index is 750. The minimum atomic E-state index is -0.309. The van der Waals surface area contributed by atoms with Gasteiger partial charge in [0.1, 0.15) is 5.82 Å². The summed E-state index contributed by atoms with van der Waals surface area (Å²) < 4.78 is 16.1. The third kappa shape index (κ3) is 2.43. The van der Waals surface area contributed by atoms with Crippen LogP contribution in [0.25, 0.3) is 10.9 Å². The Balaban J connectivity index is 2.19. The number of nitrogens with zero attached hydrogens (tertiary/aromatic N) is 2. The second-order valence-corrected chi connectivity index (χ2v) is 5.19. The fourth-order valence-electron chi connectivity index (χ4n) is 2.70. The molecule has 2 aromatic carbocycles. The summed E-state index contributed by atoms with van der Waals surface area (Å²) in [6.45, 7) is 2.00. The van der Waals surface area contributed by atoms with Crippen molar-refractivity contribution in [2.45, 2.75) is 25.4 Å². The van der Waals surface area contributed by atoms with Crippen molar-refractivity contribution < 1.29 is 4.39 Å². The zero-order valence-electron chi connectivity index (χ0n) is 11.9. The molecule has 4 heteroatoms. The van der Waals surface area contributed by atoms with Gasteiger partial charge in [0.2, 0.25) is 0 Å². The highest BCUT2D eigenvalue weighted by molar-refractivity contribution is 5.78. The number of hydrogen-bond donors (Lipinski definition) is 1. The predicted molar refractivity (Wildman–Crippen MR) is 82.5 cm³/mol. The lowest BCUT2D eigenvalue weighted by atomic mass is 9.97. The van der Waals surface area contributed by atoms with Crippen molar-refractivity contribution in [2.24, 2.45) is 5.73 Å². The van der Waals surface area contributed by atoms with E-state index in [9.17, 15) is 4.39 Å². The number of rotatable bonds is 4. The molecule has 0 radical (unpaired) electrons. The molecule has 3 nitrogen and oxygen atoms in total. The molecule has 0 aliphatic rings. The SMILES string of the molecule is CCC(N)C(c1ccccc1F)n1ncc2ccccc21. The molecule has 1 aromatic heterocycles. The number of para-hydroxylation sites is 1. The molecule has 1 heterocycles. The summed E-state index contributed by atoms with van der Waals surface area (Å²) in [5.41, 5.74) is 7.82. The second kappa shape index (κ2) is 5.66. The van der Waals surface area contributed by atoms with Gasteiger partial charge in [0.15, 0.2) is 0 Å². The molecule has 21 heavy (non-hydrogen) atoms. The fraction of sp³-hybridized carbons (Fsp3) is 0.235. The Hall–Kier alpha value is -2.20. The van der Waals surface area contributed by atoms with Gasteiger partial charge >= 0.3 is 0 Å². The lowest BCUT2D eigenvalue weighted by Gasteiger charge is -2.25. The Morgan fingerprint density at radius 1 is 1.14 bits per heavy atom. The van der Waals surface area contributed by atoms with Gasteiger partial charge in [-0.2, -0.15) is 5.10 Å². The summed E-state index contributed by atoms with van der Waals surface area (Å²) in [6.07, 6.45) is 2.54. The van der Waals surface area contributed by atoms with Gasteiger partial charge in [-0.3, -0.25) is 4.68 Å². The van der Waals surface area contributed by atoms with E-state index in [2.05, 4.69) is 5.10 Å². The molecule has 0 saturated heterocycles. The first-order valence-corrected chi connectivity index (χ1v) is 7.14. The third-order valence-corrected chi connectivity index (χ3v) is 3.87. The van der Waals surface area contributed by atoms with E-state index in [1.165, 1.54) is 6.07 Å². The average molecular weight is 283 g/mol. The summed E-state index contributed by atoms with van der Waals surface area (Å²) in [5.74, 6) is -0.244. The number of benzene rings is 2. The van der Waals surface area contributed by atoms with Gasteiger partial charge in [0.05, 0.1) is 17.8 Å². The molecule has 2 N–H and O–H groups in total. The van der Waals surface area contributed by atoms with Gasteiger partial charge in [-0.05, 0) is 18.6 Å². The van der Waals surface area contributed by atoms with Gasteiger partial charge in [0, 0.05) is 17.0 Å². The number of aromatic nitrogens is 2. The molecule has 3 rings (SSSR count). The maximum Gasteiger partial charge on any atom is 0.128 e. The molecule has 0 aliphatic carbocycles. The zero-order chi connectivity index (χ0) is 14.8.